The van der Waals surface area contributed by atoms with Gasteiger partial charge in [0.05, 0.1) is 0 Å². The van der Waals surface area contributed by atoms with Crippen molar-refractivity contribution in [2.45, 2.75) is 0 Å². The molecule has 4 aromatic rings. The normalized spacial score (nSPS) is 6.67. The second-order valence-corrected chi connectivity index (χ2v) is 3.85. The summed E-state index contributed by atoms with van der Waals surface area (Å²) in [4.78, 5) is 0. The van der Waals surface area contributed by atoms with Gasteiger partial charge in [0.2, 0.25) is 0 Å². The Bertz CT molecular complexity index is 351. The van der Waals surface area contributed by atoms with Crippen LogP contribution in [0, 0.1) is 0 Å². The maximum Gasteiger partial charge on any atom is 4.00 e. The van der Waals surface area contributed by atoms with Crippen LogP contribution in [0.1, 0.15) is 0 Å². The molecule has 0 aromatic heterocycles. The average molecular weight is 514 g/mol. The third-order valence-corrected chi connectivity index (χ3v) is 2.22. The first-order valence-corrected chi connectivity index (χ1v) is 6.67. The minimum absolute atomic E-state index is 0. The smallest absolute Gasteiger partial charge is 1.00 e. The third kappa shape index (κ3) is 24.0. The molecule has 0 amide bonds. The molecule has 0 nitrogen and oxygen atoms in total. The fourth-order valence-corrected chi connectivity index (χ4v) is 1.28. The van der Waals surface area contributed by atoms with E-state index in [1.807, 2.05) is 121 Å². The van der Waals surface area contributed by atoms with Gasteiger partial charge in [-0.2, -0.15) is 72.8 Å². The molecule has 0 N–H and O–H groups in total. The van der Waals surface area contributed by atoms with E-state index in [1.165, 1.54) is 0 Å². The fraction of sp³-hybridized carbons (Fsp3) is 0. The largest absolute Gasteiger partial charge is 4.00 e. The van der Waals surface area contributed by atoms with Crippen LogP contribution in [0.5, 0.6) is 0 Å². The van der Waals surface area contributed by atoms with E-state index in [0.29, 0.717) is 0 Å². The molecule has 0 aliphatic heterocycles. The molecule has 0 saturated carbocycles. The molecule has 4 aromatic carbocycles. The van der Waals surface area contributed by atoms with E-state index in [0.717, 1.165) is 0 Å². The van der Waals surface area contributed by atoms with Gasteiger partial charge in [0.25, 0.3) is 0 Å². The fourth-order valence-electron chi connectivity index (χ4n) is 1.28. The van der Waals surface area contributed by atoms with Crippen LogP contribution in [0.2, 0.25) is 0 Å². The Labute approximate surface area is 196 Å². The first kappa shape index (κ1) is 31.5. The molecule has 0 aliphatic carbocycles. The quantitative estimate of drug-likeness (QED) is 0.282. The number of hydrogen-bond donors (Lipinski definition) is 0. The van der Waals surface area contributed by atoms with Crippen molar-refractivity contribution in [3.8, 4) is 0 Å². The van der Waals surface area contributed by atoms with Crippen LogP contribution in [-0.2, 0) is 52.4 Å². The summed E-state index contributed by atoms with van der Waals surface area (Å²) in [6.45, 7) is 0. The molecule has 0 aliphatic rings. The third-order valence-electron chi connectivity index (χ3n) is 2.22. The van der Waals surface area contributed by atoms with Gasteiger partial charge in [-0.3, -0.25) is 0 Å². The SMILES string of the molecule is [Cl-].[Cl-].[Zr+2].[Zr+4].c1cc[cH-]c1.c1cc[cH-]c1.c1cc[cH-]c1.c1cc[cH-]c1. The predicted octanol–water partition coefficient (Wildman–Crippen LogP) is -0.375. The molecule has 0 bridgehead atoms. The Hall–Kier alpha value is -0.254. The van der Waals surface area contributed by atoms with E-state index >= 15 is 0 Å². The molecule has 0 unspecified atom stereocenters. The Kier molecular flexibility index (Phi) is 36.2. The van der Waals surface area contributed by atoms with E-state index in [1.54, 1.807) is 0 Å². The molecule has 4 rings (SSSR count). The van der Waals surface area contributed by atoms with Crippen LogP contribution in [-0.4, -0.2) is 0 Å². The van der Waals surface area contributed by atoms with Gasteiger partial charge in [0.15, 0.2) is 0 Å². The Morgan fingerprint density at radius 1 is 0.333 bits per heavy atom. The molecule has 0 radical (unpaired) electrons. The van der Waals surface area contributed by atoms with Gasteiger partial charge in [-0.25, -0.2) is 48.5 Å². The summed E-state index contributed by atoms with van der Waals surface area (Å²) in [7, 11) is 0. The van der Waals surface area contributed by atoms with Crippen molar-refractivity contribution in [1.29, 1.82) is 0 Å². The maximum absolute atomic E-state index is 2.00. The van der Waals surface area contributed by atoms with Gasteiger partial charge in [-0.05, 0) is 0 Å². The summed E-state index contributed by atoms with van der Waals surface area (Å²) in [5, 5.41) is 0. The minimum atomic E-state index is 0. The van der Waals surface area contributed by atoms with E-state index in [9.17, 15) is 0 Å². The summed E-state index contributed by atoms with van der Waals surface area (Å²) < 4.78 is 0. The molecule has 0 saturated heterocycles. The zero-order chi connectivity index (χ0) is 14.1. The Morgan fingerprint density at radius 2 is 0.458 bits per heavy atom. The molecule has 4 heteroatoms. The van der Waals surface area contributed by atoms with Gasteiger partial charge in [-0.15, -0.1) is 0 Å². The second-order valence-electron chi connectivity index (χ2n) is 3.85. The number of hydrogen-bond acceptors (Lipinski definition) is 0. The maximum atomic E-state index is 2.00. The van der Waals surface area contributed by atoms with Gasteiger partial charge < -0.3 is 24.8 Å². The van der Waals surface area contributed by atoms with Gasteiger partial charge in [-0.1, -0.05) is 0 Å². The van der Waals surface area contributed by atoms with Crippen molar-refractivity contribution in [3.05, 3.63) is 121 Å². The monoisotopic (exact) mass is 510 g/mol. The molecular formula is C20H20Cl2Zr2. The van der Waals surface area contributed by atoms with Crippen LogP contribution in [0.4, 0.5) is 0 Å². The summed E-state index contributed by atoms with van der Waals surface area (Å²) in [6, 6.07) is 40.0. The summed E-state index contributed by atoms with van der Waals surface area (Å²) in [5.41, 5.74) is 0. The Balaban J connectivity index is -0.000000105. The van der Waals surface area contributed by atoms with Crippen molar-refractivity contribution < 1.29 is 77.2 Å². The summed E-state index contributed by atoms with van der Waals surface area (Å²) in [5.74, 6) is 0. The zero-order valence-electron chi connectivity index (χ0n) is 13.3. The molecule has 0 atom stereocenters. The average Bonchev–Trinajstić information content (AvgIpc) is 3.40. The second kappa shape index (κ2) is 27.6. The van der Waals surface area contributed by atoms with Crippen molar-refractivity contribution in [2.24, 2.45) is 0 Å². The summed E-state index contributed by atoms with van der Waals surface area (Å²) >= 11 is 0. The van der Waals surface area contributed by atoms with E-state index in [2.05, 4.69) is 0 Å². The van der Waals surface area contributed by atoms with E-state index in [4.69, 9.17) is 0 Å². The van der Waals surface area contributed by atoms with Gasteiger partial charge in [0, 0.05) is 0 Å². The van der Waals surface area contributed by atoms with Gasteiger partial charge in [0.1, 0.15) is 0 Å². The number of rotatable bonds is 0. The van der Waals surface area contributed by atoms with Crippen LogP contribution in [0.25, 0.3) is 0 Å². The molecule has 0 fully saturated rings. The molecule has 24 heavy (non-hydrogen) atoms. The molecule has 0 heterocycles. The molecular weight excluding hydrogens is 494 g/mol. The summed E-state index contributed by atoms with van der Waals surface area (Å²) in [6.07, 6.45) is 0. The topological polar surface area (TPSA) is 0 Å². The Morgan fingerprint density at radius 3 is 0.500 bits per heavy atom. The standard InChI is InChI=1S/4C5H5.2ClH.2Zr/c4*1-2-4-5-3-1;;;;/h4*1-5H;2*1H;;/q4*-1;;;+2;+4/p-2. The van der Waals surface area contributed by atoms with Crippen molar-refractivity contribution in [2.75, 3.05) is 0 Å². The first-order chi connectivity index (χ1) is 10.0. The zero-order valence-corrected chi connectivity index (χ0v) is 19.7. The van der Waals surface area contributed by atoms with Crippen molar-refractivity contribution in [3.63, 3.8) is 0 Å². The van der Waals surface area contributed by atoms with Crippen LogP contribution in [0.15, 0.2) is 121 Å². The van der Waals surface area contributed by atoms with Gasteiger partial charge >= 0.3 is 52.4 Å². The molecule has 0 spiro atoms. The van der Waals surface area contributed by atoms with Crippen LogP contribution < -0.4 is 24.8 Å². The molecule has 122 valence electrons. The van der Waals surface area contributed by atoms with Crippen molar-refractivity contribution in [1.82, 2.24) is 0 Å². The van der Waals surface area contributed by atoms with E-state index in [-0.39, 0.29) is 77.2 Å². The predicted molar refractivity (Wildman–Crippen MR) is 88.1 cm³/mol. The van der Waals surface area contributed by atoms with Crippen LogP contribution >= 0.6 is 0 Å². The first-order valence-electron chi connectivity index (χ1n) is 6.67. The van der Waals surface area contributed by atoms with Crippen LogP contribution in [0.3, 0.4) is 0 Å². The minimum Gasteiger partial charge on any atom is -1.00 e. The van der Waals surface area contributed by atoms with Crippen molar-refractivity contribution >= 4 is 0 Å². The van der Waals surface area contributed by atoms with E-state index < -0.39 is 0 Å². The number of halogens is 2.